The Morgan fingerprint density at radius 2 is 1.68 bits per heavy atom. The van der Waals surface area contributed by atoms with Crippen LogP contribution < -0.4 is 9.47 Å². The summed E-state index contributed by atoms with van der Waals surface area (Å²) in [4.78, 5) is 11.0. The van der Waals surface area contributed by atoms with Gasteiger partial charge in [0.2, 0.25) is 0 Å². The molecule has 1 aliphatic rings. The molecule has 0 saturated carbocycles. The van der Waals surface area contributed by atoms with E-state index in [4.69, 9.17) is 14.6 Å². The minimum Gasteiger partial charge on any atom is -0.496 e. The van der Waals surface area contributed by atoms with Gasteiger partial charge in [-0.2, -0.15) is 0 Å². The van der Waals surface area contributed by atoms with Crippen LogP contribution in [0.5, 0.6) is 11.5 Å². The summed E-state index contributed by atoms with van der Waals surface area (Å²) in [6.45, 7) is 3.94. The fourth-order valence-electron chi connectivity index (χ4n) is 5.80. The molecule has 1 aromatic heterocycles. The standard InChI is InChI=1S/C31H39NO6/c1-31(2,36)29-26(37-3)16-24(17-27(29)38-4)30(35)25(15-21-13-22-7-5-6-8-23(22)14-21)19-32-12-11-20(18-32)9-10-28(33)34/h5-8,11-12,16-18,21,25,30,35-36H,9-10,13-15,19H2,1-4H3,(H,33,34). The van der Waals surface area contributed by atoms with Gasteiger partial charge in [-0.3, -0.25) is 4.79 Å². The molecule has 3 N–H and O–H groups in total. The van der Waals surface area contributed by atoms with Crippen molar-refractivity contribution in [3.8, 4) is 11.5 Å². The Bertz CT molecular complexity index is 1210. The zero-order chi connectivity index (χ0) is 27.4. The summed E-state index contributed by atoms with van der Waals surface area (Å²) >= 11 is 0. The molecule has 0 fully saturated rings. The maximum absolute atomic E-state index is 11.8. The molecule has 7 heteroatoms. The summed E-state index contributed by atoms with van der Waals surface area (Å²) in [5.74, 6) is 0.416. The van der Waals surface area contributed by atoms with E-state index >= 15 is 0 Å². The van der Waals surface area contributed by atoms with E-state index < -0.39 is 17.7 Å². The Hall–Kier alpha value is -3.29. The van der Waals surface area contributed by atoms with Gasteiger partial charge in [-0.1, -0.05) is 24.3 Å². The van der Waals surface area contributed by atoms with Crippen LogP contribution in [0, 0.1) is 11.8 Å². The molecule has 2 atom stereocenters. The molecule has 4 rings (SSSR count). The van der Waals surface area contributed by atoms with Crippen LogP contribution in [-0.2, 0) is 36.2 Å². The fraction of sp³-hybridized carbons (Fsp3) is 0.452. The third-order valence-corrected chi connectivity index (χ3v) is 7.58. The molecular formula is C31H39NO6. The van der Waals surface area contributed by atoms with Crippen molar-refractivity contribution in [2.75, 3.05) is 14.2 Å². The quantitative estimate of drug-likeness (QED) is 0.313. The number of methoxy groups -OCH3 is 2. The second-order valence-electron chi connectivity index (χ2n) is 11.0. The first-order valence-electron chi connectivity index (χ1n) is 13.2. The van der Waals surface area contributed by atoms with Gasteiger partial charge in [-0.25, -0.2) is 0 Å². The van der Waals surface area contributed by atoms with E-state index in [2.05, 4.69) is 24.3 Å². The number of aliphatic hydroxyl groups is 2. The lowest BCUT2D eigenvalue weighted by Gasteiger charge is -2.29. The van der Waals surface area contributed by atoms with Crippen LogP contribution in [0.2, 0.25) is 0 Å². The highest BCUT2D eigenvalue weighted by Crippen LogP contribution is 2.42. The number of aliphatic hydroxyl groups excluding tert-OH is 1. The second kappa shape index (κ2) is 11.6. The molecule has 0 amide bonds. The number of nitrogens with zero attached hydrogens (tertiary/aromatic N) is 1. The van der Waals surface area contributed by atoms with E-state index in [-0.39, 0.29) is 12.3 Å². The van der Waals surface area contributed by atoms with Crippen LogP contribution in [0.25, 0.3) is 0 Å². The molecule has 0 aliphatic heterocycles. The Morgan fingerprint density at radius 1 is 1.08 bits per heavy atom. The Balaban J connectivity index is 1.63. The number of ether oxygens (including phenoxy) is 2. The third-order valence-electron chi connectivity index (χ3n) is 7.58. The van der Waals surface area contributed by atoms with Crippen molar-refractivity contribution in [1.82, 2.24) is 4.57 Å². The van der Waals surface area contributed by atoms with Crippen LogP contribution in [0.4, 0.5) is 0 Å². The highest BCUT2D eigenvalue weighted by atomic mass is 16.5. The zero-order valence-electron chi connectivity index (χ0n) is 22.7. The largest absolute Gasteiger partial charge is 0.496 e. The molecule has 0 bridgehead atoms. The second-order valence-corrected chi connectivity index (χ2v) is 11.0. The maximum atomic E-state index is 11.8. The van der Waals surface area contributed by atoms with Gasteiger partial charge in [0, 0.05) is 31.3 Å². The number of carboxylic acids is 1. The average molecular weight is 522 g/mol. The highest BCUT2D eigenvalue weighted by molar-refractivity contribution is 5.67. The lowest BCUT2D eigenvalue weighted by Crippen LogP contribution is -2.23. The van der Waals surface area contributed by atoms with Crippen LogP contribution in [-0.4, -0.2) is 40.1 Å². The molecule has 0 radical (unpaired) electrons. The van der Waals surface area contributed by atoms with Crippen molar-refractivity contribution in [3.63, 3.8) is 0 Å². The van der Waals surface area contributed by atoms with Crippen LogP contribution in [0.15, 0.2) is 54.9 Å². The number of aryl methyl sites for hydroxylation is 1. The Morgan fingerprint density at radius 3 is 2.21 bits per heavy atom. The predicted molar refractivity (Wildman–Crippen MR) is 146 cm³/mol. The number of fused-ring (bicyclic) bond motifs is 1. The number of hydrogen-bond donors (Lipinski definition) is 3. The molecular weight excluding hydrogens is 482 g/mol. The van der Waals surface area contributed by atoms with Gasteiger partial charge >= 0.3 is 5.97 Å². The number of benzene rings is 2. The van der Waals surface area contributed by atoms with Crippen molar-refractivity contribution in [3.05, 3.63) is 82.7 Å². The number of carbonyl (C=O) groups is 1. The zero-order valence-corrected chi connectivity index (χ0v) is 22.7. The van der Waals surface area contributed by atoms with Crippen molar-refractivity contribution < 1.29 is 29.6 Å². The fourth-order valence-corrected chi connectivity index (χ4v) is 5.80. The molecule has 38 heavy (non-hydrogen) atoms. The van der Waals surface area contributed by atoms with Gasteiger partial charge in [0.25, 0.3) is 0 Å². The molecule has 7 nitrogen and oxygen atoms in total. The monoisotopic (exact) mass is 521 g/mol. The Labute approximate surface area is 224 Å². The van der Waals surface area contributed by atoms with E-state index in [1.165, 1.54) is 11.1 Å². The predicted octanol–water partition coefficient (Wildman–Crippen LogP) is 4.90. The lowest BCUT2D eigenvalue weighted by atomic mass is 9.84. The molecule has 0 spiro atoms. The average Bonchev–Trinajstić information content (AvgIpc) is 3.51. The van der Waals surface area contributed by atoms with Crippen molar-refractivity contribution in [2.24, 2.45) is 11.8 Å². The number of rotatable bonds is 12. The lowest BCUT2D eigenvalue weighted by molar-refractivity contribution is -0.136. The van der Waals surface area contributed by atoms with Crippen LogP contribution in [0.1, 0.15) is 60.6 Å². The molecule has 3 aromatic rings. The van der Waals surface area contributed by atoms with Crippen molar-refractivity contribution in [2.45, 2.75) is 64.2 Å². The van der Waals surface area contributed by atoms with Crippen LogP contribution >= 0.6 is 0 Å². The number of carboxylic acid groups (broad SMARTS) is 1. The van der Waals surface area contributed by atoms with Gasteiger partial charge in [-0.15, -0.1) is 0 Å². The first kappa shape index (κ1) is 27.7. The molecule has 2 aromatic carbocycles. The van der Waals surface area contributed by atoms with E-state index in [0.29, 0.717) is 41.5 Å². The molecule has 204 valence electrons. The maximum Gasteiger partial charge on any atom is 0.303 e. The summed E-state index contributed by atoms with van der Waals surface area (Å²) in [5, 5.41) is 31.5. The summed E-state index contributed by atoms with van der Waals surface area (Å²) < 4.78 is 13.3. The van der Waals surface area contributed by atoms with E-state index in [9.17, 15) is 15.0 Å². The van der Waals surface area contributed by atoms with Gasteiger partial charge < -0.3 is 29.4 Å². The minimum absolute atomic E-state index is 0.0868. The molecule has 0 saturated heterocycles. The van der Waals surface area contributed by atoms with Gasteiger partial charge in [0.15, 0.2) is 0 Å². The smallest absolute Gasteiger partial charge is 0.303 e. The van der Waals surface area contributed by atoms with Gasteiger partial charge in [-0.05, 0) is 85.9 Å². The molecule has 1 heterocycles. The van der Waals surface area contributed by atoms with Gasteiger partial charge in [0.05, 0.1) is 31.5 Å². The highest BCUT2D eigenvalue weighted by Gasteiger charge is 2.32. The summed E-state index contributed by atoms with van der Waals surface area (Å²) in [5.41, 5.74) is 3.74. The van der Waals surface area contributed by atoms with E-state index in [1.54, 1.807) is 40.2 Å². The topological polar surface area (TPSA) is 101 Å². The first-order chi connectivity index (χ1) is 18.1. The van der Waals surface area contributed by atoms with Crippen molar-refractivity contribution >= 4 is 5.97 Å². The summed E-state index contributed by atoms with van der Waals surface area (Å²) in [7, 11) is 3.10. The third kappa shape index (κ3) is 6.40. The summed E-state index contributed by atoms with van der Waals surface area (Å²) in [6.07, 6.45) is 6.48. The van der Waals surface area contributed by atoms with Crippen molar-refractivity contribution in [1.29, 1.82) is 0 Å². The number of aromatic nitrogens is 1. The molecule has 2 unspecified atom stereocenters. The SMILES string of the molecule is COc1cc(C(O)C(CC2Cc3ccccc3C2)Cn2ccc(CCC(=O)O)c2)cc(OC)c1C(C)(C)O. The van der Waals surface area contributed by atoms with Gasteiger partial charge in [0.1, 0.15) is 11.5 Å². The van der Waals surface area contributed by atoms with E-state index in [1.807, 2.05) is 23.0 Å². The number of hydrogen-bond acceptors (Lipinski definition) is 5. The van der Waals surface area contributed by atoms with Crippen LogP contribution in [0.3, 0.4) is 0 Å². The Kier molecular flexibility index (Phi) is 8.48. The van der Waals surface area contributed by atoms with E-state index in [0.717, 1.165) is 24.8 Å². The minimum atomic E-state index is -1.19. The number of aliphatic carboxylic acids is 1. The first-order valence-corrected chi connectivity index (χ1v) is 13.2. The normalized spacial score (nSPS) is 15.2. The molecule has 1 aliphatic carbocycles. The summed E-state index contributed by atoms with van der Waals surface area (Å²) in [6, 6.07) is 14.1.